The first-order valence-corrected chi connectivity index (χ1v) is 10.4. The van der Waals surface area contributed by atoms with E-state index in [-0.39, 0.29) is 11.9 Å². The predicted octanol–water partition coefficient (Wildman–Crippen LogP) is 4.43. The molecule has 1 aliphatic rings. The first-order chi connectivity index (χ1) is 15.1. The first-order valence-electron chi connectivity index (χ1n) is 10.4. The molecule has 1 aliphatic heterocycles. The molecule has 5 heteroatoms. The van der Waals surface area contributed by atoms with Crippen LogP contribution in [-0.4, -0.2) is 38.7 Å². The predicted molar refractivity (Wildman–Crippen MR) is 120 cm³/mol. The molecule has 0 saturated carbocycles. The summed E-state index contributed by atoms with van der Waals surface area (Å²) in [6, 6.07) is 21.7. The van der Waals surface area contributed by atoms with E-state index >= 15 is 0 Å². The molecule has 4 rings (SSSR count). The summed E-state index contributed by atoms with van der Waals surface area (Å²) in [5, 5.41) is 0. The van der Waals surface area contributed by atoms with Crippen LogP contribution < -0.4 is 14.2 Å². The summed E-state index contributed by atoms with van der Waals surface area (Å²) in [5.41, 5.74) is 4.27. The minimum atomic E-state index is -0.178. The smallest absolute Gasteiger partial charge is 0.227 e. The fraction of sp³-hybridized carbons (Fsp3) is 0.269. The highest BCUT2D eigenvalue weighted by molar-refractivity contribution is 5.80. The number of ether oxygens (including phenoxy) is 3. The molecule has 5 nitrogen and oxygen atoms in total. The van der Waals surface area contributed by atoms with Crippen LogP contribution in [-0.2, 0) is 17.6 Å². The third-order valence-corrected chi connectivity index (χ3v) is 5.80. The van der Waals surface area contributed by atoms with E-state index in [1.54, 1.807) is 21.3 Å². The molecule has 31 heavy (non-hydrogen) atoms. The van der Waals surface area contributed by atoms with E-state index in [1.165, 1.54) is 5.56 Å². The van der Waals surface area contributed by atoms with Crippen LogP contribution in [0.15, 0.2) is 66.7 Å². The minimum absolute atomic E-state index is 0.0857. The molecule has 0 bridgehead atoms. The normalized spacial score (nSPS) is 15.2. The second kappa shape index (κ2) is 9.13. The Morgan fingerprint density at radius 3 is 2.35 bits per heavy atom. The number of fused-ring (bicyclic) bond motifs is 1. The van der Waals surface area contributed by atoms with Gasteiger partial charge in [-0.15, -0.1) is 0 Å². The largest absolute Gasteiger partial charge is 0.497 e. The zero-order valence-corrected chi connectivity index (χ0v) is 18.1. The SMILES string of the molecule is COc1cccc(CC(=O)N2CCc3cc(OC)c(OC)cc3C2c2ccccc2)c1. The lowest BCUT2D eigenvalue weighted by molar-refractivity contribution is -0.132. The summed E-state index contributed by atoms with van der Waals surface area (Å²) in [5.74, 6) is 2.22. The van der Waals surface area contributed by atoms with Gasteiger partial charge in [0.1, 0.15) is 5.75 Å². The molecule has 3 aromatic rings. The van der Waals surface area contributed by atoms with Gasteiger partial charge in [0.15, 0.2) is 11.5 Å². The average molecular weight is 418 g/mol. The number of amides is 1. The van der Waals surface area contributed by atoms with Crippen LogP contribution >= 0.6 is 0 Å². The maximum atomic E-state index is 13.5. The number of benzene rings is 3. The second-order valence-corrected chi connectivity index (χ2v) is 7.58. The molecular weight excluding hydrogens is 390 g/mol. The Kier molecular flexibility index (Phi) is 6.12. The Morgan fingerprint density at radius 1 is 0.903 bits per heavy atom. The number of hydrogen-bond donors (Lipinski definition) is 0. The third kappa shape index (κ3) is 4.22. The van der Waals surface area contributed by atoms with Crippen molar-refractivity contribution in [3.05, 3.63) is 89.0 Å². The number of nitrogens with zero attached hydrogens (tertiary/aromatic N) is 1. The topological polar surface area (TPSA) is 48.0 Å². The molecule has 1 heterocycles. The zero-order chi connectivity index (χ0) is 21.8. The highest BCUT2D eigenvalue weighted by atomic mass is 16.5. The molecular formula is C26H27NO4. The standard InChI is InChI=1S/C26H27NO4/c1-29-21-11-7-8-18(14-21)15-25(28)27-13-12-20-16-23(30-2)24(31-3)17-22(20)26(27)19-9-5-4-6-10-19/h4-11,14,16-17,26H,12-13,15H2,1-3H3. The van der Waals surface area contributed by atoms with Crippen LogP contribution in [0.5, 0.6) is 17.2 Å². The lowest BCUT2D eigenvalue weighted by Crippen LogP contribution is -2.41. The molecule has 0 fully saturated rings. The van der Waals surface area contributed by atoms with Gasteiger partial charge in [0.2, 0.25) is 5.91 Å². The Hall–Kier alpha value is -3.47. The molecule has 160 valence electrons. The summed E-state index contributed by atoms with van der Waals surface area (Å²) < 4.78 is 16.4. The van der Waals surface area contributed by atoms with Gasteiger partial charge in [-0.2, -0.15) is 0 Å². The van der Waals surface area contributed by atoms with Crippen LogP contribution in [0.4, 0.5) is 0 Å². The summed E-state index contributed by atoms with van der Waals surface area (Å²) in [4.78, 5) is 15.4. The molecule has 0 radical (unpaired) electrons. The Bertz CT molecular complexity index is 1060. The van der Waals surface area contributed by atoms with Crippen molar-refractivity contribution in [1.29, 1.82) is 0 Å². The van der Waals surface area contributed by atoms with E-state index < -0.39 is 0 Å². The van der Waals surface area contributed by atoms with E-state index in [0.717, 1.165) is 28.9 Å². The molecule has 0 aliphatic carbocycles. The van der Waals surface area contributed by atoms with Crippen molar-refractivity contribution in [2.24, 2.45) is 0 Å². The minimum Gasteiger partial charge on any atom is -0.497 e. The van der Waals surface area contributed by atoms with E-state index in [9.17, 15) is 4.79 Å². The summed E-state index contributed by atoms with van der Waals surface area (Å²) >= 11 is 0. The van der Waals surface area contributed by atoms with Crippen molar-refractivity contribution >= 4 is 5.91 Å². The van der Waals surface area contributed by atoms with Crippen LogP contribution in [0.1, 0.15) is 28.3 Å². The molecule has 0 aromatic heterocycles. The lowest BCUT2D eigenvalue weighted by atomic mass is 9.87. The number of hydrogen-bond acceptors (Lipinski definition) is 4. The van der Waals surface area contributed by atoms with Gasteiger partial charge in [-0.05, 0) is 52.9 Å². The Labute approximate surface area is 183 Å². The monoisotopic (exact) mass is 417 g/mol. The van der Waals surface area contributed by atoms with Crippen molar-refractivity contribution in [3.63, 3.8) is 0 Å². The average Bonchev–Trinajstić information content (AvgIpc) is 2.82. The summed E-state index contributed by atoms with van der Waals surface area (Å²) in [7, 11) is 4.91. The van der Waals surface area contributed by atoms with Gasteiger partial charge in [-0.25, -0.2) is 0 Å². The fourth-order valence-corrected chi connectivity index (χ4v) is 4.27. The van der Waals surface area contributed by atoms with Crippen LogP contribution in [0, 0.1) is 0 Å². The van der Waals surface area contributed by atoms with Crippen molar-refractivity contribution < 1.29 is 19.0 Å². The zero-order valence-electron chi connectivity index (χ0n) is 18.1. The maximum Gasteiger partial charge on any atom is 0.227 e. The summed E-state index contributed by atoms with van der Waals surface area (Å²) in [6.45, 7) is 0.644. The van der Waals surface area contributed by atoms with Gasteiger partial charge >= 0.3 is 0 Å². The molecule has 1 atom stereocenters. The maximum absolute atomic E-state index is 13.5. The van der Waals surface area contributed by atoms with Gasteiger partial charge in [0, 0.05) is 6.54 Å². The number of rotatable bonds is 6. The van der Waals surface area contributed by atoms with Gasteiger partial charge < -0.3 is 19.1 Å². The summed E-state index contributed by atoms with van der Waals surface area (Å²) in [6.07, 6.45) is 1.09. The molecule has 3 aromatic carbocycles. The van der Waals surface area contributed by atoms with Crippen LogP contribution in [0.25, 0.3) is 0 Å². The number of carbonyl (C=O) groups excluding carboxylic acids is 1. The van der Waals surface area contributed by atoms with Crippen molar-refractivity contribution in [2.75, 3.05) is 27.9 Å². The van der Waals surface area contributed by atoms with E-state index in [0.29, 0.717) is 24.5 Å². The van der Waals surface area contributed by atoms with Gasteiger partial charge in [0.25, 0.3) is 0 Å². The first kappa shape index (κ1) is 20.8. The van der Waals surface area contributed by atoms with E-state index in [4.69, 9.17) is 14.2 Å². The highest BCUT2D eigenvalue weighted by Gasteiger charge is 2.33. The molecule has 1 unspecified atom stereocenters. The van der Waals surface area contributed by atoms with Crippen LogP contribution in [0.2, 0.25) is 0 Å². The Balaban J connectivity index is 1.73. The molecule has 0 spiro atoms. The molecule has 0 N–H and O–H groups in total. The number of carbonyl (C=O) groups is 1. The van der Waals surface area contributed by atoms with Crippen molar-refractivity contribution in [2.45, 2.75) is 18.9 Å². The lowest BCUT2D eigenvalue weighted by Gasteiger charge is -2.38. The van der Waals surface area contributed by atoms with Gasteiger partial charge in [-0.1, -0.05) is 42.5 Å². The third-order valence-electron chi connectivity index (χ3n) is 5.80. The second-order valence-electron chi connectivity index (χ2n) is 7.58. The van der Waals surface area contributed by atoms with E-state index in [2.05, 4.69) is 12.1 Å². The van der Waals surface area contributed by atoms with E-state index in [1.807, 2.05) is 59.5 Å². The van der Waals surface area contributed by atoms with Crippen molar-refractivity contribution in [1.82, 2.24) is 4.90 Å². The fourth-order valence-electron chi connectivity index (χ4n) is 4.27. The number of methoxy groups -OCH3 is 3. The van der Waals surface area contributed by atoms with Crippen LogP contribution in [0.3, 0.4) is 0 Å². The van der Waals surface area contributed by atoms with Crippen molar-refractivity contribution in [3.8, 4) is 17.2 Å². The molecule has 1 amide bonds. The van der Waals surface area contributed by atoms with Gasteiger partial charge in [-0.3, -0.25) is 4.79 Å². The highest BCUT2D eigenvalue weighted by Crippen LogP contribution is 2.41. The quantitative estimate of drug-likeness (QED) is 0.595. The molecule has 0 saturated heterocycles. The van der Waals surface area contributed by atoms with Gasteiger partial charge in [0.05, 0.1) is 33.8 Å². The Morgan fingerprint density at radius 2 is 1.65 bits per heavy atom.